The summed E-state index contributed by atoms with van der Waals surface area (Å²) in [7, 11) is 0. The van der Waals surface area contributed by atoms with Crippen molar-refractivity contribution in [3.8, 4) is 5.75 Å². The van der Waals surface area contributed by atoms with Crippen LogP contribution in [0.15, 0.2) is 42.5 Å². The van der Waals surface area contributed by atoms with Crippen LogP contribution in [0.4, 0.5) is 0 Å². The maximum absolute atomic E-state index is 9.32. The highest BCUT2D eigenvalue weighted by Crippen LogP contribution is 2.30. The maximum atomic E-state index is 9.32. The predicted molar refractivity (Wildman–Crippen MR) is 59.6 cm³/mol. The topological polar surface area (TPSA) is 29.5 Å². The van der Waals surface area contributed by atoms with Gasteiger partial charge >= 0.3 is 0 Å². The minimum absolute atomic E-state index is 0.740. The van der Waals surface area contributed by atoms with Crippen molar-refractivity contribution in [3.63, 3.8) is 0 Å². The highest BCUT2D eigenvalue weighted by Gasteiger charge is 2.12. The number of hydrogen-bond donors (Lipinski definition) is 1. The smallest absolute Gasteiger partial charge is 0.217 e. The largest absolute Gasteiger partial charge is 0.461 e. The molecule has 2 nitrogen and oxygen atoms in total. The molecule has 0 radical (unpaired) electrons. The lowest BCUT2D eigenvalue weighted by Crippen LogP contribution is -2.15. The first-order chi connectivity index (χ1) is 7.33. The molecule has 1 heterocycles. The molecular formula is C13H10O2. The zero-order valence-electron chi connectivity index (χ0n) is 8.05. The Morgan fingerprint density at radius 3 is 2.60 bits per heavy atom. The van der Waals surface area contributed by atoms with Crippen LogP contribution in [0.3, 0.4) is 0 Å². The molecule has 0 saturated heterocycles. The number of hydrogen-bond acceptors (Lipinski definition) is 2. The van der Waals surface area contributed by atoms with Gasteiger partial charge in [-0.3, -0.25) is 0 Å². The van der Waals surface area contributed by atoms with E-state index in [4.69, 9.17) is 4.74 Å². The molecule has 1 aliphatic heterocycles. The zero-order valence-corrected chi connectivity index (χ0v) is 8.05. The Kier molecular flexibility index (Phi) is 1.76. The Balaban J connectivity index is 2.26. The standard InChI is InChI=1S/C13H10O2/c14-13-6-5-11-7-9-3-1-2-4-10(9)8-12(11)15-13/h1-8,13-14H. The summed E-state index contributed by atoms with van der Waals surface area (Å²) in [5.74, 6) is 0.740. The lowest BCUT2D eigenvalue weighted by atomic mass is 10.0. The first-order valence-corrected chi connectivity index (χ1v) is 4.89. The highest BCUT2D eigenvalue weighted by atomic mass is 16.6. The Morgan fingerprint density at radius 1 is 1.07 bits per heavy atom. The maximum Gasteiger partial charge on any atom is 0.217 e. The van der Waals surface area contributed by atoms with Gasteiger partial charge in [0, 0.05) is 5.56 Å². The van der Waals surface area contributed by atoms with E-state index in [0.717, 1.165) is 16.7 Å². The van der Waals surface area contributed by atoms with Gasteiger partial charge in [-0.25, -0.2) is 0 Å². The molecule has 0 aliphatic carbocycles. The summed E-state index contributed by atoms with van der Waals surface area (Å²) < 4.78 is 5.31. The normalized spacial score (nSPS) is 18.6. The van der Waals surface area contributed by atoms with E-state index < -0.39 is 6.29 Å². The van der Waals surface area contributed by atoms with Crippen LogP contribution in [-0.4, -0.2) is 11.4 Å². The molecule has 0 fully saturated rings. The third-order valence-electron chi connectivity index (χ3n) is 2.57. The van der Waals surface area contributed by atoms with Gasteiger partial charge < -0.3 is 9.84 Å². The molecule has 2 aromatic rings. The monoisotopic (exact) mass is 198 g/mol. The molecule has 1 atom stereocenters. The second kappa shape index (κ2) is 3.11. The molecule has 1 aliphatic rings. The van der Waals surface area contributed by atoms with Gasteiger partial charge in [-0.2, -0.15) is 0 Å². The average Bonchev–Trinajstić information content (AvgIpc) is 2.26. The fraction of sp³-hybridized carbons (Fsp3) is 0.0769. The van der Waals surface area contributed by atoms with Crippen molar-refractivity contribution in [2.75, 3.05) is 0 Å². The van der Waals surface area contributed by atoms with Crippen LogP contribution in [0.1, 0.15) is 5.56 Å². The van der Waals surface area contributed by atoms with E-state index in [1.54, 1.807) is 6.08 Å². The summed E-state index contributed by atoms with van der Waals surface area (Å²) in [6.07, 6.45) is 2.70. The summed E-state index contributed by atoms with van der Waals surface area (Å²) in [4.78, 5) is 0. The summed E-state index contributed by atoms with van der Waals surface area (Å²) in [6.45, 7) is 0. The molecule has 0 amide bonds. The second-order valence-corrected chi connectivity index (χ2v) is 3.60. The van der Waals surface area contributed by atoms with Gasteiger partial charge in [0.15, 0.2) is 0 Å². The van der Waals surface area contributed by atoms with Crippen LogP contribution in [0.5, 0.6) is 5.75 Å². The Morgan fingerprint density at radius 2 is 1.80 bits per heavy atom. The van der Waals surface area contributed by atoms with E-state index in [2.05, 4.69) is 12.1 Å². The molecule has 3 rings (SSSR count). The molecular weight excluding hydrogens is 188 g/mol. The fourth-order valence-electron chi connectivity index (χ4n) is 1.82. The van der Waals surface area contributed by atoms with E-state index in [0.29, 0.717) is 0 Å². The van der Waals surface area contributed by atoms with Crippen molar-refractivity contribution < 1.29 is 9.84 Å². The van der Waals surface area contributed by atoms with Gasteiger partial charge in [0.05, 0.1) is 0 Å². The third-order valence-corrected chi connectivity index (χ3v) is 2.57. The van der Waals surface area contributed by atoms with Gasteiger partial charge in [0.1, 0.15) is 5.75 Å². The first kappa shape index (κ1) is 8.50. The van der Waals surface area contributed by atoms with Crippen molar-refractivity contribution >= 4 is 16.8 Å². The Hall–Kier alpha value is -1.80. The molecule has 0 aromatic heterocycles. The van der Waals surface area contributed by atoms with E-state index >= 15 is 0 Å². The van der Waals surface area contributed by atoms with Crippen molar-refractivity contribution in [1.82, 2.24) is 0 Å². The van der Waals surface area contributed by atoms with Gasteiger partial charge in [-0.15, -0.1) is 0 Å². The number of aliphatic hydroxyl groups excluding tert-OH is 1. The van der Waals surface area contributed by atoms with Crippen LogP contribution in [-0.2, 0) is 0 Å². The molecule has 74 valence electrons. The zero-order chi connectivity index (χ0) is 10.3. The lowest BCUT2D eigenvalue weighted by molar-refractivity contribution is 0.0232. The molecule has 15 heavy (non-hydrogen) atoms. The molecule has 1 N–H and O–H groups in total. The van der Waals surface area contributed by atoms with Gasteiger partial charge in [0.2, 0.25) is 6.29 Å². The van der Waals surface area contributed by atoms with Crippen molar-refractivity contribution in [3.05, 3.63) is 48.0 Å². The third kappa shape index (κ3) is 1.39. The summed E-state index contributed by atoms with van der Waals surface area (Å²) in [5.41, 5.74) is 1.01. The van der Waals surface area contributed by atoms with E-state index in [9.17, 15) is 5.11 Å². The summed E-state index contributed by atoms with van der Waals surface area (Å²) in [5, 5.41) is 11.6. The van der Waals surface area contributed by atoms with Crippen LogP contribution in [0.2, 0.25) is 0 Å². The minimum atomic E-state index is -0.821. The minimum Gasteiger partial charge on any atom is -0.461 e. The van der Waals surface area contributed by atoms with Crippen LogP contribution in [0, 0.1) is 0 Å². The van der Waals surface area contributed by atoms with E-state index in [-0.39, 0.29) is 0 Å². The summed E-state index contributed by atoms with van der Waals surface area (Å²) in [6, 6.07) is 12.1. The summed E-state index contributed by atoms with van der Waals surface area (Å²) >= 11 is 0. The van der Waals surface area contributed by atoms with E-state index in [1.165, 1.54) is 5.39 Å². The fourth-order valence-corrected chi connectivity index (χ4v) is 1.82. The van der Waals surface area contributed by atoms with E-state index in [1.807, 2.05) is 30.3 Å². The number of fused-ring (bicyclic) bond motifs is 2. The van der Waals surface area contributed by atoms with Gasteiger partial charge in [-0.05, 0) is 35.1 Å². The Bertz CT molecular complexity index is 543. The second-order valence-electron chi connectivity index (χ2n) is 3.60. The predicted octanol–water partition coefficient (Wildman–Crippen LogP) is 2.56. The molecule has 0 bridgehead atoms. The molecule has 0 spiro atoms. The highest BCUT2D eigenvalue weighted by molar-refractivity contribution is 5.87. The van der Waals surface area contributed by atoms with Crippen molar-refractivity contribution in [1.29, 1.82) is 0 Å². The quantitative estimate of drug-likeness (QED) is 0.705. The van der Waals surface area contributed by atoms with Gasteiger partial charge in [0.25, 0.3) is 0 Å². The number of benzene rings is 2. The number of aliphatic hydroxyl groups is 1. The van der Waals surface area contributed by atoms with Crippen LogP contribution < -0.4 is 4.74 Å². The SMILES string of the molecule is OC1C=Cc2cc3ccccc3cc2O1. The molecule has 0 saturated carbocycles. The number of ether oxygens (including phenoxy) is 1. The lowest BCUT2D eigenvalue weighted by Gasteiger charge is -2.17. The van der Waals surface area contributed by atoms with Crippen molar-refractivity contribution in [2.45, 2.75) is 6.29 Å². The van der Waals surface area contributed by atoms with Crippen LogP contribution in [0.25, 0.3) is 16.8 Å². The average molecular weight is 198 g/mol. The molecule has 2 aromatic carbocycles. The Labute approximate surface area is 87.4 Å². The molecule has 1 unspecified atom stereocenters. The first-order valence-electron chi connectivity index (χ1n) is 4.89. The van der Waals surface area contributed by atoms with Crippen molar-refractivity contribution in [2.24, 2.45) is 0 Å². The van der Waals surface area contributed by atoms with Gasteiger partial charge in [-0.1, -0.05) is 24.3 Å². The molecule has 2 heteroatoms. The number of rotatable bonds is 0. The van der Waals surface area contributed by atoms with Crippen LogP contribution >= 0.6 is 0 Å².